The highest BCUT2D eigenvalue weighted by molar-refractivity contribution is 8.14. The van der Waals surface area contributed by atoms with E-state index in [9.17, 15) is 0 Å². The second-order valence-electron chi connectivity index (χ2n) is 6.86. The number of nitrogens with zero attached hydrogens (tertiary/aromatic N) is 2. The van der Waals surface area contributed by atoms with Crippen LogP contribution < -0.4 is 5.43 Å². The Morgan fingerprint density at radius 1 is 0.962 bits per heavy atom. The fourth-order valence-corrected chi connectivity index (χ4v) is 4.68. The van der Waals surface area contributed by atoms with Gasteiger partial charge in [-0.2, -0.15) is 5.10 Å². The van der Waals surface area contributed by atoms with Crippen molar-refractivity contribution in [2.75, 3.05) is 0 Å². The lowest BCUT2D eigenvalue weighted by Gasteiger charge is -2.15. The van der Waals surface area contributed by atoms with Gasteiger partial charge in [-0.1, -0.05) is 59.8 Å². The lowest BCUT2D eigenvalue weighted by molar-refractivity contribution is 0.737. The van der Waals surface area contributed by atoms with E-state index in [2.05, 4.69) is 91.3 Å². The molecule has 2 heterocycles. The van der Waals surface area contributed by atoms with Crippen LogP contribution in [0.4, 0.5) is 0 Å². The van der Waals surface area contributed by atoms with Crippen molar-refractivity contribution in [3.63, 3.8) is 0 Å². The molecule has 0 aliphatic carbocycles. The van der Waals surface area contributed by atoms with E-state index in [0.29, 0.717) is 0 Å². The maximum atomic E-state index is 4.57. The molecule has 0 fully saturated rings. The highest BCUT2D eigenvalue weighted by Gasteiger charge is 2.26. The predicted molar refractivity (Wildman–Crippen MR) is 111 cm³/mol. The topological polar surface area (TPSA) is 29.3 Å². The molecular formula is C22H23N3S. The van der Waals surface area contributed by atoms with Crippen LogP contribution in [0.3, 0.4) is 0 Å². The van der Waals surface area contributed by atoms with Gasteiger partial charge in [-0.3, -0.25) is 5.43 Å². The van der Waals surface area contributed by atoms with Crippen molar-refractivity contribution in [1.82, 2.24) is 9.99 Å². The highest BCUT2D eigenvalue weighted by atomic mass is 32.2. The number of aromatic nitrogens is 1. The van der Waals surface area contributed by atoms with Crippen LogP contribution in [-0.4, -0.2) is 9.61 Å². The van der Waals surface area contributed by atoms with Gasteiger partial charge in [0.25, 0.3) is 0 Å². The molecule has 2 aromatic carbocycles. The summed E-state index contributed by atoms with van der Waals surface area (Å²) in [6.45, 7) is 8.69. The largest absolute Gasteiger partial charge is 0.318 e. The van der Waals surface area contributed by atoms with E-state index >= 15 is 0 Å². The Bertz CT molecular complexity index is 986. The summed E-state index contributed by atoms with van der Waals surface area (Å²) in [6.07, 6.45) is 0. The summed E-state index contributed by atoms with van der Waals surface area (Å²) in [7, 11) is 0. The second-order valence-corrected chi connectivity index (χ2v) is 7.96. The van der Waals surface area contributed by atoms with E-state index in [1.54, 1.807) is 11.8 Å². The summed E-state index contributed by atoms with van der Waals surface area (Å²) >= 11 is 1.78. The molecule has 26 heavy (non-hydrogen) atoms. The van der Waals surface area contributed by atoms with Gasteiger partial charge in [-0.25, -0.2) is 0 Å². The number of aryl methyl sites for hydroxylation is 3. The van der Waals surface area contributed by atoms with Gasteiger partial charge in [-0.05, 0) is 45.4 Å². The Labute approximate surface area is 159 Å². The third-order valence-electron chi connectivity index (χ3n) is 4.88. The van der Waals surface area contributed by atoms with E-state index in [-0.39, 0.29) is 5.37 Å². The zero-order valence-electron chi connectivity index (χ0n) is 15.6. The third-order valence-corrected chi connectivity index (χ3v) is 6.02. The van der Waals surface area contributed by atoms with Crippen LogP contribution in [0, 0.1) is 27.7 Å². The van der Waals surface area contributed by atoms with E-state index < -0.39 is 0 Å². The molecule has 0 spiro atoms. The minimum atomic E-state index is 0.149. The molecular weight excluding hydrogens is 338 g/mol. The molecule has 1 aliphatic rings. The Morgan fingerprint density at radius 3 is 2.46 bits per heavy atom. The molecule has 3 aromatic rings. The SMILES string of the molecule is Cc1ccc(-n2c(C)cc([C@@H]3NN=C(c4ccccc4)S3)c2C)c(C)c1. The summed E-state index contributed by atoms with van der Waals surface area (Å²) in [5.74, 6) is 0. The van der Waals surface area contributed by atoms with Crippen LogP contribution in [0.2, 0.25) is 0 Å². The van der Waals surface area contributed by atoms with Gasteiger partial charge in [-0.15, -0.1) is 0 Å². The van der Waals surface area contributed by atoms with Gasteiger partial charge in [0.05, 0.1) is 0 Å². The van der Waals surface area contributed by atoms with Crippen LogP contribution in [0.25, 0.3) is 5.69 Å². The molecule has 0 saturated carbocycles. The Morgan fingerprint density at radius 2 is 1.73 bits per heavy atom. The maximum absolute atomic E-state index is 4.57. The summed E-state index contributed by atoms with van der Waals surface area (Å²) < 4.78 is 2.35. The first kappa shape index (κ1) is 17.0. The Hall–Kier alpha value is -2.46. The number of benzene rings is 2. The van der Waals surface area contributed by atoms with Crippen LogP contribution in [-0.2, 0) is 0 Å². The van der Waals surface area contributed by atoms with Crippen LogP contribution in [0.15, 0.2) is 59.7 Å². The third kappa shape index (κ3) is 2.95. The van der Waals surface area contributed by atoms with Crippen molar-refractivity contribution < 1.29 is 0 Å². The van der Waals surface area contributed by atoms with Gasteiger partial charge in [0, 0.05) is 28.2 Å². The monoisotopic (exact) mass is 361 g/mol. The molecule has 1 aliphatic heterocycles. The smallest absolute Gasteiger partial charge is 0.126 e. The number of thioether (sulfide) groups is 1. The molecule has 0 amide bonds. The van der Waals surface area contributed by atoms with Crippen LogP contribution in [0.1, 0.15) is 39.0 Å². The normalized spacial score (nSPS) is 16.5. The zero-order chi connectivity index (χ0) is 18.3. The maximum Gasteiger partial charge on any atom is 0.126 e. The molecule has 0 unspecified atom stereocenters. The van der Waals surface area contributed by atoms with Crippen molar-refractivity contribution in [2.24, 2.45) is 5.10 Å². The number of hydrogen-bond donors (Lipinski definition) is 1. The molecule has 1 N–H and O–H groups in total. The number of hydrogen-bond acceptors (Lipinski definition) is 3. The van der Waals surface area contributed by atoms with E-state index in [1.165, 1.54) is 33.8 Å². The fourth-order valence-electron chi connectivity index (χ4n) is 3.61. The number of nitrogens with one attached hydrogen (secondary N) is 1. The summed E-state index contributed by atoms with van der Waals surface area (Å²) in [4.78, 5) is 0. The quantitative estimate of drug-likeness (QED) is 0.676. The minimum absolute atomic E-state index is 0.149. The molecule has 4 heteroatoms. The van der Waals surface area contributed by atoms with Crippen LogP contribution in [0.5, 0.6) is 0 Å². The molecule has 0 bridgehead atoms. The fraction of sp³-hybridized carbons (Fsp3) is 0.227. The Kier molecular flexibility index (Phi) is 4.37. The first-order valence-electron chi connectivity index (χ1n) is 8.86. The molecule has 132 valence electrons. The van der Waals surface area contributed by atoms with E-state index in [1.807, 2.05) is 6.07 Å². The average molecular weight is 362 g/mol. The Balaban J connectivity index is 1.66. The molecule has 1 aromatic heterocycles. The first-order valence-corrected chi connectivity index (χ1v) is 9.74. The molecule has 4 rings (SSSR count). The number of hydrazone groups is 1. The van der Waals surface area contributed by atoms with Gasteiger partial charge < -0.3 is 4.57 Å². The lowest BCUT2D eigenvalue weighted by atomic mass is 10.1. The summed E-state index contributed by atoms with van der Waals surface area (Å²) in [5.41, 5.74) is 12.1. The van der Waals surface area contributed by atoms with Crippen molar-refractivity contribution in [3.8, 4) is 5.69 Å². The molecule has 1 atom stereocenters. The van der Waals surface area contributed by atoms with Gasteiger partial charge >= 0.3 is 0 Å². The highest BCUT2D eigenvalue weighted by Crippen LogP contribution is 2.38. The van der Waals surface area contributed by atoms with Gasteiger partial charge in [0.1, 0.15) is 10.4 Å². The number of rotatable bonds is 3. The van der Waals surface area contributed by atoms with Crippen molar-refractivity contribution >= 4 is 16.8 Å². The predicted octanol–water partition coefficient (Wildman–Crippen LogP) is 5.41. The van der Waals surface area contributed by atoms with Gasteiger partial charge in [0.15, 0.2) is 0 Å². The average Bonchev–Trinajstić information content (AvgIpc) is 3.22. The van der Waals surface area contributed by atoms with E-state index in [4.69, 9.17) is 0 Å². The van der Waals surface area contributed by atoms with E-state index in [0.717, 1.165) is 10.6 Å². The van der Waals surface area contributed by atoms with Crippen LogP contribution >= 0.6 is 11.8 Å². The lowest BCUT2D eigenvalue weighted by Crippen LogP contribution is -2.08. The second kappa shape index (κ2) is 6.69. The van der Waals surface area contributed by atoms with Crippen molar-refractivity contribution in [3.05, 3.63) is 88.2 Å². The van der Waals surface area contributed by atoms with Crippen molar-refractivity contribution in [1.29, 1.82) is 0 Å². The summed E-state index contributed by atoms with van der Waals surface area (Å²) in [5, 5.41) is 5.76. The molecule has 0 radical (unpaired) electrons. The summed E-state index contributed by atoms with van der Waals surface area (Å²) in [6, 6.07) is 19.3. The molecule has 3 nitrogen and oxygen atoms in total. The zero-order valence-corrected chi connectivity index (χ0v) is 16.4. The standard InChI is InChI=1S/C22H23N3S/c1-14-10-11-20(15(2)12-14)25-16(3)13-19(17(25)4)22-24-23-21(26-22)18-8-6-5-7-9-18/h5-13,22,24H,1-4H3/t22-/m1/s1. The minimum Gasteiger partial charge on any atom is -0.318 e. The molecule has 0 saturated heterocycles. The van der Waals surface area contributed by atoms with Crippen molar-refractivity contribution in [2.45, 2.75) is 33.1 Å². The van der Waals surface area contributed by atoms with Gasteiger partial charge in [0.2, 0.25) is 0 Å². The first-order chi connectivity index (χ1) is 12.5.